The maximum Gasteiger partial charge on any atom is 0.407 e. The first-order valence-corrected chi connectivity index (χ1v) is 11.4. The van der Waals surface area contributed by atoms with Gasteiger partial charge in [-0.15, -0.1) is 0 Å². The Kier molecular flexibility index (Phi) is 11.2. The molecule has 0 spiro atoms. The lowest BCUT2D eigenvalue weighted by Gasteiger charge is -2.25. The Morgan fingerprint density at radius 2 is 1.37 bits per heavy atom. The number of alkyl carbamates (subject to hydrolysis) is 1. The molecule has 190 valence electrons. The van der Waals surface area contributed by atoms with Gasteiger partial charge in [-0.1, -0.05) is 60.7 Å². The molecule has 35 heavy (non-hydrogen) atoms. The van der Waals surface area contributed by atoms with Crippen LogP contribution in [-0.2, 0) is 37.0 Å². The van der Waals surface area contributed by atoms with Crippen LogP contribution in [0.2, 0.25) is 0 Å². The fraction of sp³-hybridized carbons (Fsp3) is 0.423. The van der Waals surface area contributed by atoms with Crippen molar-refractivity contribution in [1.82, 2.24) is 15.8 Å². The van der Waals surface area contributed by atoms with Crippen molar-refractivity contribution in [3.63, 3.8) is 0 Å². The average Bonchev–Trinajstić information content (AvgIpc) is 2.80. The van der Waals surface area contributed by atoms with Crippen LogP contribution >= 0.6 is 0 Å². The number of amides is 1. The summed E-state index contributed by atoms with van der Waals surface area (Å²) in [5.41, 5.74) is 4.09. The summed E-state index contributed by atoms with van der Waals surface area (Å²) in [4.78, 5) is 36.8. The Bertz CT molecular complexity index is 931. The number of carbonyl (C=O) groups excluding carboxylic acids is 3. The van der Waals surface area contributed by atoms with Gasteiger partial charge in [0.15, 0.2) is 0 Å². The Labute approximate surface area is 206 Å². The topological polar surface area (TPSA) is 106 Å². The number of esters is 2. The van der Waals surface area contributed by atoms with Gasteiger partial charge in [0.05, 0.1) is 12.5 Å². The molecule has 0 aliphatic carbocycles. The molecule has 2 aromatic rings. The highest BCUT2D eigenvalue weighted by Gasteiger charge is 2.22. The van der Waals surface area contributed by atoms with E-state index >= 15 is 0 Å². The predicted octanol–water partition coefficient (Wildman–Crippen LogP) is 3.19. The molecule has 0 aliphatic rings. The number of likely N-dealkylation sites (N-methyl/N-ethyl adjacent to an activating group) is 1. The van der Waals surface area contributed by atoms with Crippen molar-refractivity contribution in [1.29, 1.82) is 0 Å². The lowest BCUT2D eigenvalue weighted by molar-refractivity contribution is -0.147. The fourth-order valence-corrected chi connectivity index (χ4v) is 2.95. The third-order valence-electron chi connectivity index (χ3n) is 4.59. The number of benzene rings is 2. The third kappa shape index (κ3) is 12.6. The van der Waals surface area contributed by atoms with Crippen LogP contribution in [0, 0.1) is 0 Å². The molecule has 2 aromatic carbocycles. The van der Waals surface area contributed by atoms with E-state index < -0.39 is 29.7 Å². The minimum Gasteiger partial charge on any atom is -0.461 e. The smallest absolute Gasteiger partial charge is 0.407 e. The molecule has 2 rings (SSSR count). The van der Waals surface area contributed by atoms with Crippen LogP contribution in [0.1, 0.15) is 38.3 Å². The van der Waals surface area contributed by atoms with E-state index in [0.717, 1.165) is 11.1 Å². The molecule has 1 atom stereocenters. The van der Waals surface area contributed by atoms with Gasteiger partial charge >= 0.3 is 18.0 Å². The molecule has 9 nitrogen and oxygen atoms in total. The zero-order chi connectivity index (χ0) is 25.7. The molecule has 1 amide bonds. The fourth-order valence-electron chi connectivity index (χ4n) is 2.95. The molecule has 0 saturated heterocycles. The van der Waals surface area contributed by atoms with Gasteiger partial charge in [-0.05, 0) is 31.9 Å². The van der Waals surface area contributed by atoms with Gasteiger partial charge in [0, 0.05) is 13.6 Å². The summed E-state index contributed by atoms with van der Waals surface area (Å²) in [6.45, 7) is 5.73. The lowest BCUT2D eigenvalue weighted by atomic mass is 10.2. The van der Waals surface area contributed by atoms with Crippen molar-refractivity contribution < 1.29 is 28.6 Å². The molecular formula is C26H35N3O6. The minimum absolute atomic E-state index is 0.0234. The normalized spacial score (nSPS) is 12.0. The summed E-state index contributed by atoms with van der Waals surface area (Å²) in [7, 11) is 1.67. The first-order valence-electron chi connectivity index (χ1n) is 11.4. The maximum atomic E-state index is 12.4. The van der Waals surface area contributed by atoms with Gasteiger partial charge in [-0.3, -0.25) is 15.0 Å². The molecule has 0 radical (unpaired) electrons. The van der Waals surface area contributed by atoms with E-state index in [9.17, 15) is 14.4 Å². The Hall–Kier alpha value is -3.43. The van der Waals surface area contributed by atoms with Gasteiger partial charge in [-0.2, -0.15) is 0 Å². The molecule has 0 heterocycles. The molecule has 0 fully saturated rings. The van der Waals surface area contributed by atoms with Crippen molar-refractivity contribution in [2.45, 2.75) is 52.0 Å². The SMILES string of the molecule is CN(CC(=O)OCc1ccccc1)NC[C@@H](CC(=O)OCc1ccccc1)NC(=O)OC(C)(C)C. The molecule has 0 saturated carbocycles. The number of hydrogen-bond acceptors (Lipinski definition) is 8. The standard InChI is InChI=1S/C26H35N3O6/c1-26(2,3)35-25(32)28-22(15-23(30)33-18-20-11-7-5-8-12-20)16-27-29(4)17-24(31)34-19-21-13-9-6-10-14-21/h5-14,22,27H,15-19H2,1-4H3,(H,28,32)/t22-/m1/s1. The van der Waals surface area contributed by atoms with Crippen LogP contribution in [-0.4, -0.2) is 54.8 Å². The van der Waals surface area contributed by atoms with Crippen LogP contribution in [0.3, 0.4) is 0 Å². The van der Waals surface area contributed by atoms with E-state index in [1.807, 2.05) is 60.7 Å². The zero-order valence-electron chi connectivity index (χ0n) is 20.8. The van der Waals surface area contributed by atoms with Crippen molar-refractivity contribution in [3.8, 4) is 0 Å². The van der Waals surface area contributed by atoms with Crippen LogP contribution in [0.4, 0.5) is 4.79 Å². The monoisotopic (exact) mass is 485 g/mol. The number of nitrogens with one attached hydrogen (secondary N) is 2. The molecule has 0 bridgehead atoms. The highest BCUT2D eigenvalue weighted by molar-refractivity contribution is 5.73. The van der Waals surface area contributed by atoms with Crippen molar-refractivity contribution in [3.05, 3.63) is 71.8 Å². The van der Waals surface area contributed by atoms with Crippen LogP contribution in [0.25, 0.3) is 0 Å². The van der Waals surface area contributed by atoms with Gasteiger partial charge in [0.2, 0.25) is 0 Å². The van der Waals surface area contributed by atoms with Crippen LogP contribution in [0.5, 0.6) is 0 Å². The summed E-state index contributed by atoms with van der Waals surface area (Å²) >= 11 is 0. The number of nitrogens with zero attached hydrogens (tertiary/aromatic N) is 1. The molecule has 0 unspecified atom stereocenters. The van der Waals surface area contributed by atoms with E-state index in [4.69, 9.17) is 14.2 Å². The van der Waals surface area contributed by atoms with E-state index in [1.165, 1.54) is 5.01 Å². The van der Waals surface area contributed by atoms with Gasteiger partial charge < -0.3 is 19.5 Å². The first kappa shape index (κ1) is 27.8. The molecule has 0 aromatic heterocycles. The number of rotatable bonds is 12. The molecular weight excluding hydrogens is 450 g/mol. The van der Waals surface area contributed by atoms with E-state index in [0.29, 0.717) is 0 Å². The summed E-state index contributed by atoms with van der Waals surface area (Å²) in [5, 5.41) is 4.22. The third-order valence-corrected chi connectivity index (χ3v) is 4.59. The largest absolute Gasteiger partial charge is 0.461 e. The molecule has 2 N–H and O–H groups in total. The quantitative estimate of drug-likeness (QED) is 0.268. The Morgan fingerprint density at radius 1 is 0.857 bits per heavy atom. The summed E-state index contributed by atoms with van der Waals surface area (Å²) in [6, 6.07) is 18.1. The predicted molar refractivity (Wildman–Crippen MR) is 131 cm³/mol. The van der Waals surface area contributed by atoms with Crippen LogP contribution < -0.4 is 10.7 Å². The second-order valence-corrected chi connectivity index (χ2v) is 9.06. The van der Waals surface area contributed by atoms with Crippen molar-refractivity contribution >= 4 is 18.0 Å². The van der Waals surface area contributed by atoms with E-state index in [2.05, 4.69) is 10.7 Å². The summed E-state index contributed by atoms with van der Waals surface area (Å²) in [6.07, 6.45) is -0.726. The van der Waals surface area contributed by atoms with Gasteiger partial charge in [-0.25, -0.2) is 9.80 Å². The van der Waals surface area contributed by atoms with E-state index in [1.54, 1.807) is 27.8 Å². The Morgan fingerprint density at radius 3 is 1.89 bits per heavy atom. The summed E-state index contributed by atoms with van der Waals surface area (Å²) in [5.74, 6) is -0.885. The number of ether oxygens (including phenoxy) is 3. The number of carbonyl (C=O) groups is 3. The van der Waals surface area contributed by atoms with Gasteiger partial charge in [0.25, 0.3) is 0 Å². The zero-order valence-corrected chi connectivity index (χ0v) is 20.8. The molecule has 0 aliphatic heterocycles. The highest BCUT2D eigenvalue weighted by Crippen LogP contribution is 2.08. The summed E-state index contributed by atoms with van der Waals surface area (Å²) < 4.78 is 15.9. The van der Waals surface area contributed by atoms with Gasteiger partial charge in [0.1, 0.15) is 25.4 Å². The lowest BCUT2D eigenvalue weighted by Crippen LogP contribution is -2.49. The second kappa shape index (κ2) is 14.1. The maximum absolute atomic E-state index is 12.4. The average molecular weight is 486 g/mol. The minimum atomic E-state index is -0.685. The Balaban J connectivity index is 1.84. The number of hydrazine groups is 1. The van der Waals surface area contributed by atoms with Crippen molar-refractivity contribution in [2.24, 2.45) is 0 Å². The first-order chi connectivity index (χ1) is 16.6. The van der Waals surface area contributed by atoms with Crippen LogP contribution in [0.15, 0.2) is 60.7 Å². The number of hydrogen-bond donors (Lipinski definition) is 2. The molecule has 9 heteroatoms. The van der Waals surface area contributed by atoms with E-state index in [-0.39, 0.29) is 32.7 Å². The van der Waals surface area contributed by atoms with Crippen molar-refractivity contribution in [2.75, 3.05) is 20.1 Å². The second-order valence-electron chi connectivity index (χ2n) is 9.06. The highest BCUT2D eigenvalue weighted by atomic mass is 16.6.